The molecule has 0 aromatic heterocycles. The summed E-state index contributed by atoms with van der Waals surface area (Å²) in [6, 6.07) is 4.44. The molecule has 0 unspecified atom stereocenters. The third kappa shape index (κ3) is 4.08. The number of halogens is 2. The van der Waals surface area contributed by atoms with Crippen LogP contribution in [0, 0.1) is 11.7 Å². The van der Waals surface area contributed by atoms with E-state index in [1.807, 2.05) is 0 Å². The maximum Gasteiger partial charge on any atom is 0.141 e. The number of benzene rings is 1. The molecular formula is C12H18ClFN2. The summed E-state index contributed by atoms with van der Waals surface area (Å²) in [6.07, 6.45) is 0. The van der Waals surface area contributed by atoms with Crippen LogP contribution in [-0.2, 0) is 0 Å². The quantitative estimate of drug-likeness (QED) is 0.836. The van der Waals surface area contributed by atoms with E-state index in [1.165, 1.54) is 6.07 Å². The monoisotopic (exact) mass is 244 g/mol. The van der Waals surface area contributed by atoms with Gasteiger partial charge < -0.3 is 11.1 Å². The second-order valence-electron chi connectivity index (χ2n) is 4.33. The fraction of sp³-hybridized carbons (Fsp3) is 0.500. The zero-order valence-electron chi connectivity index (χ0n) is 9.63. The lowest BCUT2D eigenvalue weighted by molar-refractivity contribution is 0.521. The maximum absolute atomic E-state index is 12.9. The molecule has 0 spiro atoms. The summed E-state index contributed by atoms with van der Waals surface area (Å²) in [5, 5.41) is 3.38. The van der Waals surface area contributed by atoms with Crippen LogP contribution in [0.4, 0.5) is 4.39 Å². The summed E-state index contributed by atoms with van der Waals surface area (Å²) in [6.45, 7) is 5.85. The molecule has 1 atom stereocenters. The minimum atomic E-state index is -0.409. The first-order valence-corrected chi connectivity index (χ1v) is 5.79. The molecule has 16 heavy (non-hydrogen) atoms. The molecule has 0 aliphatic carbocycles. The minimum absolute atomic E-state index is 0.122. The topological polar surface area (TPSA) is 38.0 Å². The Bertz CT molecular complexity index is 342. The van der Waals surface area contributed by atoms with E-state index >= 15 is 0 Å². The summed E-state index contributed by atoms with van der Waals surface area (Å²) in [7, 11) is 0. The Kier molecular flexibility index (Phi) is 5.19. The van der Waals surface area contributed by atoms with E-state index in [-0.39, 0.29) is 11.1 Å². The standard InChI is InChI=1S/C12H18ClFN2/c1-8(2)6-16-7-12(15)9-3-4-11(14)10(13)5-9/h3-5,8,12,16H,6-7,15H2,1-2H3/t12-/m1/s1. The second kappa shape index (κ2) is 6.18. The van der Waals surface area contributed by atoms with Crippen molar-refractivity contribution in [3.05, 3.63) is 34.6 Å². The first-order valence-electron chi connectivity index (χ1n) is 5.42. The molecule has 2 nitrogen and oxygen atoms in total. The van der Waals surface area contributed by atoms with Crippen LogP contribution in [0.25, 0.3) is 0 Å². The Morgan fingerprint density at radius 3 is 2.62 bits per heavy atom. The van der Waals surface area contributed by atoms with Gasteiger partial charge in [-0.2, -0.15) is 0 Å². The van der Waals surface area contributed by atoms with Gasteiger partial charge in [0, 0.05) is 12.6 Å². The zero-order valence-corrected chi connectivity index (χ0v) is 10.4. The average molecular weight is 245 g/mol. The Balaban J connectivity index is 2.52. The summed E-state index contributed by atoms with van der Waals surface area (Å²) >= 11 is 5.69. The molecule has 1 rings (SSSR count). The molecule has 0 saturated heterocycles. The first-order chi connectivity index (χ1) is 7.50. The van der Waals surface area contributed by atoms with Crippen LogP contribution < -0.4 is 11.1 Å². The van der Waals surface area contributed by atoms with Crippen LogP contribution >= 0.6 is 11.6 Å². The Morgan fingerprint density at radius 2 is 2.06 bits per heavy atom. The van der Waals surface area contributed by atoms with Crippen LogP contribution in [0.15, 0.2) is 18.2 Å². The van der Waals surface area contributed by atoms with E-state index in [9.17, 15) is 4.39 Å². The number of nitrogens with one attached hydrogen (secondary N) is 1. The van der Waals surface area contributed by atoms with Gasteiger partial charge in [-0.3, -0.25) is 0 Å². The van der Waals surface area contributed by atoms with Crippen LogP contribution in [0.5, 0.6) is 0 Å². The molecule has 1 aromatic rings. The maximum atomic E-state index is 12.9. The SMILES string of the molecule is CC(C)CNC[C@@H](N)c1ccc(F)c(Cl)c1. The molecule has 0 bridgehead atoms. The molecule has 4 heteroatoms. The van der Waals surface area contributed by atoms with Crippen molar-refractivity contribution in [1.82, 2.24) is 5.32 Å². The Hall–Kier alpha value is -0.640. The molecule has 0 fully saturated rings. The molecule has 0 radical (unpaired) electrons. The smallest absolute Gasteiger partial charge is 0.141 e. The van der Waals surface area contributed by atoms with Crippen molar-refractivity contribution in [2.24, 2.45) is 11.7 Å². The molecule has 0 amide bonds. The number of rotatable bonds is 5. The van der Waals surface area contributed by atoms with Gasteiger partial charge in [-0.1, -0.05) is 31.5 Å². The van der Waals surface area contributed by atoms with Gasteiger partial charge in [0.1, 0.15) is 5.82 Å². The van der Waals surface area contributed by atoms with Crippen molar-refractivity contribution in [2.45, 2.75) is 19.9 Å². The lowest BCUT2D eigenvalue weighted by Gasteiger charge is -2.14. The third-order valence-electron chi connectivity index (χ3n) is 2.29. The van der Waals surface area contributed by atoms with Gasteiger partial charge in [-0.25, -0.2) is 4.39 Å². The van der Waals surface area contributed by atoms with E-state index in [0.717, 1.165) is 12.1 Å². The highest BCUT2D eigenvalue weighted by molar-refractivity contribution is 6.30. The highest BCUT2D eigenvalue weighted by Crippen LogP contribution is 2.19. The van der Waals surface area contributed by atoms with Crippen molar-refractivity contribution in [1.29, 1.82) is 0 Å². The summed E-state index contributed by atoms with van der Waals surface area (Å²) < 4.78 is 12.9. The lowest BCUT2D eigenvalue weighted by Crippen LogP contribution is -2.29. The van der Waals surface area contributed by atoms with Crippen molar-refractivity contribution in [3.63, 3.8) is 0 Å². The second-order valence-corrected chi connectivity index (χ2v) is 4.74. The Labute approximate surface area is 101 Å². The average Bonchev–Trinajstić information content (AvgIpc) is 2.21. The lowest BCUT2D eigenvalue weighted by atomic mass is 10.1. The van der Waals surface area contributed by atoms with E-state index in [1.54, 1.807) is 12.1 Å². The summed E-state index contributed by atoms with van der Waals surface area (Å²) in [4.78, 5) is 0. The molecule has 0 aliphatic rings. The molecule has 0 aliphatic heterocycles. The zero-order chi connectivity index (χ0) is 12.1. The predicted molar refractivity (Wildman–Crippen MR) is 66.0 cm³/mol. The van der Waals surface area contributed by atoms with Gasteiger partial charge >= 0.3 is 0 Å². The van der Waals surface area contributed by atoms with Crippen LogP contribution in [0.2, 0.25) is 5.02 Å². The van der Waals surface area contributed by atoms with Crippen molar-refractivity contribution < 1.29 is 4.39 Å². The Morgan fingerprint density at radius 1 is 1.38 bits per heavy atom. The van der Waals surface area contributed by atoms with Gasteiger partial charge in [-0.15, -0.1) is 0 Å². The number of hydrogen-bond donors (Lipinski definition) is 2. The summed E-state index contributed by atoms with van der Waals surface area (Å²) in [5.41, 5.74) is 6.81. The fourth-order valence-corrected chi connectivity index (χ4v) is 1.58. The van der Waals surface area contributed by atoms with Crippen LogP contribution in [0.1, 0.15) is 25.5 Å². The van der Waals surface area contributed by atoms with E-state index in [4.69, 9.17) is 17.3 Å². The van der Waals surface area contributed by atoms with E-state index in [0.29, 0.717) is 12.5 Å². The highest BCUT2D eigenvalue weighted by Gasteiger charge is 2.08. The summed E-state index contributed by atoms with van der Waals surface area (Å²) in [5.74, 6) is 0.178. The molecule has 1 aromatic carbocycles. The van der Waals surface area contributed by atoms with Gasteiger partial charge in [0.2, 0.25) is 0 Å². The predicted octanol–water partition coefficient (Wildman–Crippen LogP) is 2.72. The van der Waals surface area contributed by atoms with Crippen molar-refractivity contribution >= 4 is 11.6 Å². The van der Waals surface area contributed by atoms with Crippen LogP contribution in [-0.4, -0.2) is 13.1 Å². The van der Waals surface area contributed by atoms with Crippen molar-refractivity contribution in [3.8, 4) is 0 Å². The minimum Gasteiger partial charge on any atom is -0.323 e. The van der Waals surface area contributed by atoms with Gasteiger partial charge in [0.15, 0.2) is 0 Å². The first kappa shape index (κ1) is 13.4. The fourth-order valence-electron chi connectivity index (χ4n) is 1.39. The van der Waals surface area contributed by atoms with Crippen LogP contribution in [0.3, 0.4) is 0 Å². The highest BCUT2D eigenvalue weighted by atomic mass is 35.5. The molecule has 3 N–H and O–H groups in total. The van der Waals surface area contributed by atoms with Gasteiger partial charge in [0.05, 0.1) is 5.02 Å². The molecule has 0 saturated carbocycles. The largest absolute Gasteiger partial charge is 0.323 e. The molecule has 90 valence electrons. The van der Waals surface area contributed by atoms with Gasteiger partial charge in [0.25, 0.3) is 0 Å². The normalized spacial score (nSPS) is 13.1. The molecular weight excluding hydrogens is 227 g/mol. The van der Waals surface area contributed by atoms with Crippen molar-refractivity contribution in [2.75, 3.05) is 13.1 Å². The number of nitrogens with two attached hydrogens (primary N) is 1. The molecule has 0 heterocycles. The number of hydrogen-bond acceptors (Lipinski definition) is 2. The van der Waals surface area contributed by atoms with Gasteiger partial charge in [-0.05, 0) is 30.2 Å². The third-order valence-corrected chi connectivity index (χ3v) is 2.58. The van der Waals surface area contributed by atoms with E-state index < -0.39 is 5.82 Å². The van der Waals surface area contributed by atoms with E-state index in [2.05, 4.69) is 19.2 Å².